The SMILES string of the molecule is O=c1ccn(C2(O)OC3(CO)COC2C3)c(=O)[nH]1. The van der Waals surface area contributed by atoms with Gasteiger partial charge in [-0.2, -0.15) is 0 Å². The van der Waals surface area contributed by atoms with Gasteiger partial charge in [0.15, 0.2) is 0 Å². The molecule has 2 saturated heterocycles. The number of nitrogens with one attached hydrogen (secondary N) is 1. The summed E-state index contributed by atoms with van der Waals surface area (Å²) in [6, 6.07) is 1.10. The molecule has 1 aromatic heterocycles. The lowest BCUT2D eigenvalue weighted by molar-refractivity contribution is -0.351. The second kappa shape index (κ2) is 3.51. The fourth-order valence-corrected chi connectivity index (χ4v) is 2.42. The van der Waals surface area contributed by atoms with Gasteiger partial charge in [0.2, 0.25) is 0 Å². The Morgan fingerprint density at radius 1 is 1.56 bits per heavy atom. The quantitative estimate of drug-likeness (QED) is 0.548. The first-order valence-electron chi connectivity index (χ1n) is 5.47. The monoisotopic (exact) mass is 256 g/mol. The number of aliphatic hydroxyl groups excluding tert-OH is 1. The molecule has 2 bridgehead atoms. The van der Waals surface area contributed by atoms with Gasteiger partial charge in [0.25, 0.3) is 11.5 Å². The van der Waals surface area contributed by atoms with E-state index in [1.807, 2.05) is 4.98 Å². The van der Waals surface area contributed by atoms with Crippen LogP contribution in [0.2, 0.25) is 0 Å². The number of hydrogen-bond donors (Lipinski definition) is 3. The van der Waals surface area contributed by atoms with Crippen molar-refractivity contribution in [3.8, 4) is 0 Å². The molecule has 0 aliphatic carbocycles. The van der Waals surface area contributed by atoms with E-state index >= 15 is 0 Å². The van der Waals surface area contributed by atoms with E-state index in [2.05, 4.69) is 0 Å². The Kier molecular flexibility index (Phi) is 2.26. The zero-order valence-corrected chi connectivity index (χ0v) is 9.33. The van der Waals surface area contributed by atoms with E-state index in [1.165, 1.54) is 0 Å². The van der Waals surface area contributed by atoms with E-state index in [-0.39, 0.29) is 19.6 Å². The molecular weight excluding hydrogens is 244 g/mol. The molecule has 2 aliphatic rings. The Labute approximate surface area is 100 Å². The molecule has 3 heterocycles. The highest BCUT2D eigenvalue weighted by molar-refractivity contribution is 5.03. The van der Waals surface area contributed by atoms with Gasteiger partial charge in [0.1, 0.15) is 11.7 Å². The summed E-state index contributed by atoms with van der Waals surface area (Å²) >= 11 is 0. The highest BCUT2D eigenvalue weighted by Crippen LogP contribution is 2.46. The van der Waals surface area contributed by atoms with Gasteiger partial charge in [-0.3, -0.25) is 9.78 Å². The summed E-state index contributed by atoms with van der Waals surface area (Å²) in [6.45, 7) is -0.154. The summed E-state index contributed by atoms with van der Waals surface area (Å²) in [4.78, 5) is 24.7. The normalized spacial score (nSPS) is 38.2. The smallest absolute Gasteiger partial charge is 0.332 e. The Bertz CT molecular complexity index is 595. The zero-order chi connectivity index (χ0) is 13.0. The zero-order valence-electron chi connectivity index (χ0n) is 9.33. The average Bonchev–Trinajstić information content (AvgIpc) is 2.85. The summed E-state index contributed by atoms with van der Waals surface area (Å²) in [5.74, 6) is -2.00. The number of nitrogens with zero attached hydrogens (tertiary/aromatic N) is 1. The van der Waals surface area contributed by atoms with E-state index < -0.39 is 28.9 Å². The molecule has 0 saturated carbocycles. The molecule has 3 atom stereocenters. The third-order valence-electron chi connectivity index (χ3n) is 3.35. The fourth-order valence-electron chi connectivity index (χ4n) is 2.42. The van der Waals surface area contributed by atoms with Crippen LogP contribution >= 0.6 is 0 Å². The minimum absolute atomic E-state index is 0.161. The Morgan fingerprint density at radius 2 is 2.33 bits per heavy atom. The first kappa shape index (κ1) is 11.6. The van der Waals surface area contributed by atoms with Crippen LogP contribution < -0.4 is 11.2 Å². The number of ether oxygens (including phenoxy) is 2. The molecule has 3 unspecified atom stereocenters. The van der Waals surface area contributed by atoms with E-state index in [0.29, 0.717) is 0 Å². The van der Waals surface area contributed by atoms with Crippen LogP contribution in [0.4, 0.5) is 0 Å². The van der Waals surface area contributed by atoms with Crippen LogP contribution in [0.15, 0.2) is 21.9 Å². The number of aromatic amines is 1. The summed E-state index contributed by atoms with van der Waals surface area (Å²) in [5.41, 5.74) is -2.36. The van der Waals surface area contributed by atoms with Crippen molar-refractivity contribution in [3.05, 3.63) is 33.1 Å². The Hall–Kier alpha value is -1.48. The molecule has 8 heteroatoms. The van der Waals surface area contributed by atoms with Crippen molar-refractivity contribution >= 4 is 0 Å². The number of fused-ring (bicyclic) bond motifs is 2. The average molecular weight is 256 g/mol. The van der Waals surface area contributed by atoms with Crippen molar-refractivity contribution in [1.29, 1.82) is 0 Å². The highest BCUT2D eigenvalue weighted by atomic mass is 16.7. The summed E-state index contributed by atoms with van der Waals surface area (Å²) < 4.78 is 11.6. The van der Waals surface area contributed by atoms with E-state index in [0.717, 1.165) is 16.8 Å². The predicted octanol–water partition coefficient (Wildman–Crippen LogP) is -2.31. The van der Waals surface area contributed by atoms with Crippen LogP contribution in [-0.4, -0.2) is 44.7 Å². The van der Waals surface area contributed by atoms with Crippen molar-refractivity contribution < 1.29 is 19.7 Å². The molecule has 0 amide bonds. The van der Waals surface area contributed by atoms with Gasteiger partial charge in [-0.15, -0.1) is 0 Å². The van der Waals surface area contributed by atoms with E-state index in [1.54, 1.807) is 0 Å². The van der Waals surface area contributed by atoms with Crippen molar-refractivity contribution in [2.24, 2.45) is 0 Å². The van der Waals surface area contributed by atoms with Gasteiger partial charge in [0.05, 0.1) is 13.2 Å². The molecule has 0 aromatic carbocycles. The minimum atomic E-state index is -2.00. The van der Waals surface area contributed by atoms with Crippen LogP contribution in [0.3, 0.4) is 0 Å². The largest absolute Gasteiger partial charge is 0.393 e. The molecule has 8 nitrogen and oxygen atoms in total. The number of hydrogen-bond acceptors (Lipinski definition) is 6. The molecule has 3 rings (SSSR count). The fraction of sp³-hybridized carbons (Fsp3) is 0.600. The summed E-state index contributed by atoms with van der Waals surface area (Å²) in [5, 5.41) is 19.7. The van der Waals surface area contributed by atoms with Crippen molar-refractivity contribution in [2.75, 3.05) is 13.2 Å². The number of H-pyrrole nitrogens is 1. The number of aromatic nitrogens is 2. The maximum atomic E-state index is 11.7. The topological polar surface area (TPSA) is 114 Å². The summed E-state index contributed by atoms with van der Waals surface area (Å²) in [6.07, 6.45) is 0.662. The van der Waals surface area contributed by atoms with Gasteiger partial charge < -0.3 is 19.7 Å². The number of rotatable bonds is 2. The van der Waals surface area contributed by atoms with Crippen LogP contribution in [-0.2, 0) is 15.4 Å². The van der Waals surface area contributed by atoms with Gasteiger partial charge in [0, 0.05) is 18.7 Å². The molecule has 2 fully saturated rings. The van der Waals surface area contributed by atoms with Gasteiger partial charge >= 0.3 is 5.69 Å². The third kappa shape index (κ3) is 1.40. The lowest BCUT2D eigenvalue weighted by Crippen LogP contribution is -2.54. The van der Waals surface area contributed by atoms with Gasteiger partial charge in [-0.05, 0) is 0 Å². The van der Waals surface area contributed by atoms with Crippen LogP contribution in [0.1, 0.15) is 6.42 Å². The summed E-state index contributed by atoms with van der Waals surface area (Å²) in [7, 11) is 0. The van der Waals surface area contributed by atoms with Gasteiger partial charge in [-0.25, -0.2) is 9.36 Å². The van der Waals surface area contributed by atoms with Crippen LogP contribution in [0, 0.1) is 0 Å². The molecule has 0 radical (unpaired) electrons. The van der Waals surface area contributed by atoms with Crippen LogP contribution in [0.5, 0.6) is 0 Å². The first-order chi connectivity index (χ1) is 8.49. The van der Waals surface area contributed by atoms with Crippen LogP contribution in [0.25, 0.3) is 0 Å². The molecule has 18 heavy (non-hydrogen) atoms. The van der Waals surface area contributed by atoms with Crippen molar-refractivity contribution in [2.45, 2.75) is 24.0 Å². The first-order valence-corrected chi connectivity index (χ1v) is 5.47. The molecular formula is C10H12N2O6. The minimum Gasteiger partial charge on any atom is -0.393 e. The maximum absolute atomic E-state index is 11.7. The second-order valence-corrected chi connectivity index (χ2v) is 4.59. The molecule has 1 aromatic rings. The molecule has 98 valence electrons. The highest BCUT2D eigenvalue weighted by Gasteiger charge is 2.62. The second-order valence-electron chi connectivity index (χ2n) is 4.59. The van der Waals surface area contributed by atoms with Crippen molar-refractivity contribution in [3.63, 3.8) is 0 Å². The predicted molar refractivity (Wildman–Crippen MR) is 56.8 cm³/mol. The maximum Gasteiger partial charge on any atom is 0.332 e. The molecule has 2 aliphatic heterocycles. The lowest BCUT2D eigenvalue weighted by Gasteiger charge is -2.36. The number of aliphatic hydroxyl groups is 2. The van der Waals surface area contributed by atoms with Gasteiger partial charge in [-0.1, -0.05) is 0 Å². The molecule has 0 spiro atoms. The molecule has 3 N–H and O–H groups in total. The Morgan fingerprint density at radius 3 is 2.94 bits per heavy atom. The van der Waals surface area contributed by atoms with E-state index in [9.17, 15) is 19.8 Å². The third-order valence-corrected chi connectivity index (χ3v) is 3.35. The Balaban J connectivity index is 2.07. The standard InChI is InChI=1S/C10H12N2O6/c13-4-9-3-6(17-5-9)10(16,18-9)12-2-1-7(14)11-8(12)15/h1-2,6,13,16H,3-5H2,(H,11,14,15). The van der Waals surface area contributed by atoms with Crippen molar-refractivity contribution in [1.82, 2.24) is 9.55 Å². The lowest BCUT2D eigenvalue weighted by atomic mass is 10.0. The van der Waals surface area contributed by atoms with E-state index in [4.69, 9.17) is 9.47 Å².